The number of nitrogens with zero attached hydrogens (tertiary/aromatic N) is 2. The van der Waals surface area contributed by atoms with Gasteiger partial charge >= 0.3 is 0 Å². The number of sulfonamides is 2. The van der Waals surface area contributed by atoms with Crippen molar-refractivity contribution in [3.05, 3.63) is 54.1 Å². The van der Waals surface area contributed by atoms with Crippen LogP contribution in [-0.4, -0.2) is 66.1 Å². The molecule has 35 heavy (non-hydrogen) atoms. The molecule has 0 spiro atoms. The van der Waals surface area contributed by atoms with Gasteiger partial charge < -0.3 is 10.1 Å². The Morgan fingerprint density at radius 3 is 2.29 bits per heavy atom. The Labute approximate surface area is 208 Å². The standard InChI is InChI=1S/C24H33N3O6S2/c1-3-20-9-5-6-10-23(20)27(34(2,29)30)19-24(28)25-15-18-33-21-11-13-22(14-12-21)35(31,32)26-16-7-4-8-17-26/h5-6,9-14H,3-4,7-8,15-19H2,1-2H3,(H,25,28). The van der Waals surface area contributed by atoms with Crippen LogP contribution in [0.4, 0.5) is 5.69 Å². The molecule has 1 fully saturated rings. The predicted molar refractivity (Wildman–Crippen MR) is 136 cm³/mol. The quantitative estimate of drug-likeness (QED) is 0.453. The number of anilines is 1. The van der Waals surface area contributed by atoms with Gasteiger partial charge in [0.1, 0.15) is 18.9 Å². The van der Waals surface area contributed by atoms with Crippen molar-refractivity contribution in [1.29, 1.82) is 0 Å². The number of amides is 1. The molecule has 2 aromatic carbocycles. The summed E-state index contributed by atoms with van der Waals surface area (Å²) >= 11 is 0. The summed E-state index contributed by atoms with van der Waals surface area (Å²) in [6.07, 6.45) is 4.51. The van der Waals surface area contributed by atoms with Gasteiger partial charge in [0.25, 0.3) is 0 Å². The van der Waals surface area contributed by atoms with Crippen LogP contribution in [0, 0.1) is 0 Å². The van der Waals surface area contributed by atoms with Crippen molar-refractivity contribution in [1.82, 2.24) is 9.62 Å². The average Bonchev–Trinajstić information content (AvgIpc) is 2.85. The number of ether oxygens (including phenoxy) is 1. The Morgan fingerprint density at radius 2 is 1.66 bits per heavy atom. The van der Waals surface area contributed by atoms with Crippen LogP contribution in [0.1, 0.15) is 31.7 Å². The summed E-state index contributed by atoms with van der Waals surface area (Å²) < 4.78 is 58.3. The van der Waals surface area contributed by atoms with E-state index in [0.29, 0.717) is 30.9 Å². The first-order chi connectivity index (χ1) is 16.6. The van der Waals surface area contributed by atoms with Gasteiger partial charge in [-0.15, -0.1) is 0 Å². The third-order valence-electron chi connectivity index (χ3n) is 5.80. The van der Waals surface area contributed by atoms with Crippen LogP contribution in [0.15, 0.2) is 53.4 Å². The monoisotopic (exact) mass is 523 g/mol. The smallest absolute Gasteiger partial charge is 0.243 e. The van der Waals surface area contributed by atoms with Gasteiger partial charge in [-0.3, -0.25) is 9.10 Å². The van der Waals surface area contributed by atoms with Crippen LogP contribution in [0.25, 0.3) is 0 Å². The van der Waals surface area contributed by atoms with Crippen molar-refractivity contribution in [3.8, 4) is 5.75 Å². The number of carbonyl (C=O) groups is 1. The molecule has 0 aromatic heterocycles. The second-order valence-corrected chi connectivity index (χ2v) is 12.2. The number of rotatable bonds is 11. The molecule has 0 aliphatic carbocycles. The van der Waals surface area contributed by atoms with Crippen LogP contribution in [0.5, 0.6) is 5.75 Å². The summed E-state index contributed by atoms with van der Waals surface area (Å²) in [7, 11) is -7.15. The van der Waals surface area contributed by atoms with E-state index in [1.165, 1.54) is 16.4 Å². The van der Waals surface area contributed by atoms with Crippen LogP contribution in [0.2, 0.25) is 0 Å². The Bertz CT molecular complexity index is 1210. The molecule has 0 atom stereocenters. The first-order valence-electron chi connectivity index (χ1n) is 11.7. The third kappa shape index (κ3) is 7.18. The summed E-state index contributed by atoms with van der Waals surface area (Å²) in [5.41, 5.74) is 1.32. The van der Waals surface area contributed by atoms with Gasteiger partial charge in [-0.05, 0) is 55.2 Å². The molecule has 2 aromatic rings. The molecule has 1 heterocycles. The van der Waals surface area contributed by atoms with E-state index in [0.717, 1.165) is 35.4 Å². The summed E-state index contributed by atoms with van der Waals surface area (Å²) in [6, 6.07) is 13.3. The molecule has 1 aliphatic heterocycles. The fraction of sp³-hybridized carbons (Fsp3) is 0.458. The van der Waals surface area contributed by atoms with E-state index < -0.39 is 26.0 Å². The summed E-state index contributed by atoms with van der Waals surface area (Å²) in [5.74, 6) is 0.0272. The van der Waals surface area contributed by atoms with Crippen molar-refractivity contribution in [2.75, 3.05) is 43.3 Å². The van der Waals surface area contributed by atoms with Crippen LogP contribution in [-0.2, 0) is 31.3 Å². The average molecular weight is 524 g/mol. The lowest BCUT2D eigenvalue weighted by Crippen LogP contribution is -2.41. The van der Waals surface area contributed by atoms with Gasteiger partial charge in [0.15, 0.2) is 0 Å². The highest BCUT2D eigenvalue weighted by Crippen LogP contribution is 2.24. The number of hydrogen-bond acceptors (Lipinski definition) is 6. The Hall–Kier alpha value is -2.63. The maximum Gasteiger partial charge on any atom is 0.243 e. The first-order valence-corrected chi connectivity index (χ1v) is 15.0. The number of nitrogens with one attached hydrogen (secondary N) is 1. The lowest BCUT2D eigenvalue weighted by Gasteiger charge is -2.25. The van der Waals surface area contributed by atoms with E-state index >= 15 is 0 Å². The minimum atomic E-state index is -3.66. The van der Waals surface area contributed by atoms with E-state index in [-0.39, 0.29) is 24.6 Å². The molecule has 192 valence electrons. The highest BCUT2D eigenvalue weighted by Gasteiger charge is 2.26. The van der Waals surface area contributed by atoms with Gasteiger partial charge in [-0.25, -0.2) is 16.8 Å². The molecular weight excluding hydrogens is 490 g/mol. The Kier molecular flexibility index (Phi) is 9.15. The highest BCUT2D eigenvalue weighted by atomic mass is 32.2. The molecule has 0 unspecified atom stereocenters. The molecule has 1 amide bonds. The van der Waals surface area contributed by atoms with Gasteiger partial charge in [0, 0.05) is 13.1 Å². The normalized spacial score (nSPS) is 14.9. The van der Waals surface area contributed by atoms with E-state index in [1.54, 1.807) is 24.3 Å². The molecule has 1 saturated heterocycles. The first kappa shape index (κ1) is 27.0. The van der Waals surface area contributed by atoms with E-state index in [9.17, 15) is 21.6 Å². The SMILES string of the molecule is CCc1ccccc1N(CC(=O)NCCOc1ccc(S(=O)(=O)N2CCCCC2)cc1)S(C)(=O)=O. The fourth-order valence-corrected chi connectivity index (χ4v) is 6.35. The van der Waals surface area contributed by atoms with Crippen molar-refractivity contribution < 1.29 is 26.4 Å². The summed E-state index contributed by atoms with van der Waals surface area (Å²) in [4.78, 5) is 12.7. The van der Waals surface area contributed by atoms with Crippen LogP contribution < -0.4 is 14.4 Å². The maximum atomic E-state index is 12.7. The van der Waals surface area contributed by atoms with Gasteiger partial charge in [-0.1, -0.05) is 31.5 Å². The maximum absolute atomic E-state index is 12.7. The van der Waals surface area contributed by atoms with Crippen molar-refractivity contribution >= 4 is 31.6 Å². The molecule has 1 aliphatic rings. The minimum absolute atomic E-state index is 0.147. The van der Waals surface area contributed by atoms with Gasteiger partial charge in [0.2, 0.25) is 26.0 Å². The minimum Gasteiger partial charge on any atom is -0.492 e. The molecule has 0 radical (unpaired) electrons. The van der Waals surface area contributed by atoms with Crippen LogP contribution in [0.3, 0.4) is 0 Å². The van der Waals surface area contributed by atoms with E-state index in [4.69, 9.17) is 4.74 Å². The van der Waals surface area contributed by atoms with E-state index in [2.05, 4.69) is 5.32 Å². The molecule has 0 saturated carbocycles. The number of para-hydroxylation sites is 1. The summed E-state index contributed by atoms with van der Waals surface area (Å²) in [6.45, 7) is 2.99. The Morgan fingerprint density at radius 1 is 1.00 bits per heavy atom. The molecule has 9 nitrogen and oxygen atoms in total. The number of aryl methyl sites for hydroxylation is 1. The molecule has 11 heteroatoms. The molecule has 1 N–H and O–H groups in total. The number of hydrogen-bond donors (Lipinski definition) is 1. The highest BCUT2D eigenvalue weighted by molar-refractivity contribution is 7.92. The third-order valence-corrected chi connectivity index (χ3v) is 8.84. The fourth-order valence-electron chi connectivity index (χ4n) is 3.94. The van der Waals surface area contributed by atoms with Gasteiger partial charge in [-0.2, -0.15) is 4.31 Å². The predicted octanol–water partition coefficient (Wildman–Crippen LogP) is 2.38. The largest absolute Gasteiger partial charge is 0.492 e. The van der Waals surface area contributed by atoms with E-state index in [1.807, 2.05) is 19.1 Å². The zero-order chi connectivity index (χ0) is 25.5. The number of piperidine rings is 1. The number of benzene rings is 2. The molecule has 0 bridgehead atoms. The van der Waals surface area contributed by atoms with Crippen LogP contribution >= 0.6 is 0 Å². The lowest BCUT2D eigenvalue weighted by molar-refractivity contribution is -0.119. The molecule has 3 rings (SSSR count). The second-order valence-electron chi connectivity index (χ2n) is 8.39. The number of carbonyl (C=O) groups excluding carboxylic acids is 1. The summed E-state index contributed by atoms with van der Waals surface area (Å²) in [5, 5.41) is 2.67. The zero-order valence-corrected chi connectivity index (χ0v) is 21.8. The molecular formula is C24H33N3O6S2. The lowest BCUT2D eigenvalue weighted by atomic mass is 10.1. The Balaban J connectivity index is 1.51. The topological polar surface area (TPSA) is 113 Å². The van der Waals surface area contributed by atoms with Gasteiger partial charge in [0.05, 0.1) is 23.4 Å². The van der Waals surface area contributed by atoms with Crippen molar-refractivity contribution in [2.45, 2.75) is 37.5 Å². The van der Waals surface area contributed by atoms with Crippen molar-refractivity contribution in [2.24, 2.45) is 0 Å². The van der Waals surface area contributed by atoms with Crippen molar-refractivity contribution in [3.63, 3.8) is 0 Å². The second kappa shape index (κ2) is 11.9. The zero-order valence-electron chi connectivity index (χ0n) is 20.1.